The lowest BCUT2D eigenvalue weighted by molar-refractivity contribution is -0.141. The third-order valence-electron chi connectivity index (χ3n) is 2.88. The number of hydrogen-bond donors (Lipinski definition) is 0. The van der Waals surface area contributed by atoms with Crippen molar-refractivity contribution >= 4 is 5.82 Å². The van der Waals surface area contributed by atoms with Crippen molar-refractivity contribution in [3.63, 3.8) is 0 Å². The molecule has 18 heavy (non-hydrogen) atoms. The number of alkyl halides is 3. The van der Waals surface area contributed by atoms with E-state index in [0.29, 0.717) is 12.5 Å². The van der Waals surface area contributed by atoms with Crippen LogP contribution < -0.4 is 4.90 Å². The van der Waals surface area contributed by atoms with Gasteiger partial charge in [-0.3, -0.25) is 0 Å². The molecule has 1 aromatic rings. The zero-order valence-electron chi connectivity index (χ0n) is 9.83. The van der Waals surface area contributed by atoms with Crippen LogP contribution in [0.1, 0.15) is 24.1 Å². The second-order valence-corrected chi connectivity index (χ2v) is 4.50. The zero-order chi connectivity index (χ0) is 13.3. The first kappa shape index (κ1) is 12.7. The van der Waals surface area contributed by atoms with Crippen LogP contribution >= 0.6 is 0 Å². The van der Waals surface area contributed by atoms with Crippen LogP contribution in [-0.2, 0) is 6.18 Å². The molecule has 1 aromatic heterocycles. The topological polar surface area (TPSA) is 39.9 Å². The van der Waals surface area contributed by atoms with Gasteiger partial charge in [-0.2, -0.15) is 18.4 Å². The van der Waals surface area contributed by atoms with Crippen molar-refractivity contribution in [1.82, 2.24) is 4.98 Å². The third kappa shape index (κ3) is 2.73. The van der Waals surface area contributed by atoms with E-state index in [0.717, 1.165) is 18.9 Å². The summed E-state index contributed by atoms with van der Waals surface area (Å²) in [6, 6.07) is 3.89. The summed E-state index contributed by atoms with van der Waals surface area (Å²) < 4.78 is 37.7. The summed E-state index contributed by atoms with van der Waals surface area (Å²) in [4.78, 5) is 5.20. The van der Waals surface area contributed by atoms with Gasteiger partial charge in [-0.05, 0) is 30.9 Å². The van der Waals surface area contributed by atoms with Gasteiger partial charge in [0.2, 0.25) is 0 Å². The summed E-state index contributed by atoms with van der Waals surface area (Å²) in [6.45, 7) is 0.642. The second-order valence-electron chi connectivity index (χ2n) is 4.50. The molecule has 0 aliphatic heterocycles. The number of aromatic nitrogens is 1. The first-order valence-corrected chi connectivity index (χ1v) is 5.61. The second kappa shape index (κ2) is 4.48. The first-order valence-electron chi connectivity index (χ1n) is 5.61. The summed E-state index contributed by atoms with van der Waals surface area (Å²) in [6.07, 6.45) is -2.31. The van der Waals surface area contributed by atoms with Crippen molar-refractivity contribution in [3.8, 4) is 6.07 Å². The molecule has 1 aliphatic rings. The van der Waals surface area contributed by atoms with E-state index >= 15 is 0 Å². The molecule has 1 fully saturated rings. The number of halogens is 3. The van der Waals surface area contributed by atoms with Crippen molar-refractivity contribution in [2.24, 2.45) is 5.92 Å². The molecule has 1 saturated carbocycles. The average Bonchev–Trinajstić information content (AvgIpc) is 3.10. The van der Waals surface area contributed by atoms with Crippen molar-refractivity contribution in [2.75, 3.05) is 18.5 Å². The Morgan fingerprint density at radius 2 is 2.11 bits per heavy atom. The Kier molecular flexibility index (Phi) is 3.16. The van der Waals surface area contributed by atoms with E-state index in [1.165, 1.54) is 6.07 Å². The number of pyridine rings is 1. The smallest absolute Gasteiger partial charge is 0.358 e. The van der Waals surface area contributed by atoms with Crippen LogP contribution in [0.5, 0.6) is 0 Å². The van der Waals surface area contributed by atoms with E-state index < -0.39 is 11.9 Å². The highest BCUT2D eigenvalue weighted by Crippen LogP contribution is 2.33. The van der Waals surface area contributed by atoms with Gasteiger partial charge in [0.15, 0.2) is 0 Å². The third-order valence-corrected chi connectivity index (χ3v) is 2.88. The van der Waals surface area contributed by atoms with Gasteiger partial charge in [0.25, 0.3) is 0 Å². The number of nitriles is 1. The molecule has 1 aliphatic carbocycles. The summed E-state index contributed by atoms with van der Waals surface area (Å²) in [7, 11) is 1.67. The molecule has 0 unspecified atom stereocenters. The molecule has 0 amide bonds. The Morgan fingerprint density at radius 3 is 2.61 bits per heavy atom. The average molecular weight is 255 g/mol. The summed E-state index contributed by atoms with van der Waals surface area (Å²) in [5.74, 6) is 0.622. The molecule has 0 bridgehead atoms. The number of hydrogen-bond acceptors (Lipinski definition) is 3. The van der Waals surface area contributed by atoms with Gasteiger partial charge < -0.3 is 4.90 Å². The monoisotopic (exact) mass is 255 g/mol. The lowest BCUT2D eigenvalue weighted by atomic mass is 10.2. The van der Waals surface area contributed by atoms with E-state index in [1.54, 1.807) is 11.9 Å². The van der Waals surface area contributed by atoms with Crippen molar-refractivity contribution < 1.29 is 13.2 Å². The van der Waals surface area contributed by atoms with Crippen LogP contribution in [-0.4, -0.2) is 18.6 Å². The molecule has 0 aromatic carbocycles. The predicted molar refractivity (Wildman–Crippen MR) is 59.9 cm³/mol. The quantitative estimate of drug-likeness (QED) is 0.833. The van der Waals surface area contributed by atoms with Gasteiger partial charge in [0.1, 0.15) is 17.6 Å². The first-order chi connectivity index (χ1) is 8.41. The van der Waals surface area contributed by atoms with Crippen LogP contribution in [0, 0.1) is 17.2 Å². The van der Waals surface area contributed by atoms with Gasteiger partial charge in [-0.15, -0.1) is 0 Å². The number of anilines is 1. The Hall–Kier alpha value is -1.77. The Morgan fingerprint density at radius 1 is 1.44 bits per heavy atom. The van der Waals surface area contributed by atoms with E-state index in [4.69, 9.17) is 5.26 Å². The van der Waals surface area contributed by atoms with Crippen LogP contribution in [0.15, 0.2) is 12.1 Å². The number of nitrogens with zero attached hydrogens (tertiary/aromatic N) is 3. The van der Waals surface area contributed by atoms with Gasteiger partial charge in [-0.1, -0.05) is 0 Å². The fraction of sp³-hybridized carbons (Fsp3) is 0.500. The molecular weight excluding hydrogens is 243 g/mol. The molecule has 0 N–H and O–H groups in total. The SMILES string of the molecule is CN(CC1CC1)c1nc(C(F)(F)F)ccc1C#N. The maximum Gasteiger partial charge on any atom is 0.433 e. The fourth-order valence-corrected chi connectivity index (χ4v) is 1.76. The lowest BCUT2D eigenvalue weighted by Gasteiger charge is -2.20. The van der Waals surface area contributed by atoms with Gasteiger partial charge in [0.05, 0.1) is 5.56 Å². The Labute approximate surface area is 103 Å². The minimum atomic E-state index is -4.48. The summed E-state index contributed by atoms with van der Waals surface area (Å²) in [5, 5.41) is 8.91. The maximum absolute atomic E-state index is 12.6. The lowest BCUT2D eigenvalue weighted by Crippen LogP contribution is -2.23. The highest BCUT2D eigenvalue weighted by molar-refractivity contribution is 5.54. The molecule has 0 spiro atoms. The molecule has 0 atom stereocenters. The summed E-state index contributed by atoms with van der Waals surface area (Å²) in [5.41, 5.74) is -0.787. The molecule has 3 nitrogen and oxygen atoms in total. The van der Waals surface area contributed by atoms with Gasteiger partial charge in [-0.25, -0.2) is 4.98 Å². The van der Waals surface area contributed by atoms with Gasteiger partial charge >= 0.3 is 6.18 Å². The predicted octanol–water partition coefficient (Wildman–Crippen LogP) is 2.82. The van der Waals surface area contributed by atoms with Crippen LogP contribution in [0.3, 0.4) is 0 Å². The molecule has 6 heteroatoms. The molecule has 1 heterocycles. The normalized spacial score (nSPS) is 15.3. The van der Waals surface area contributed by atoms with Crippen molar-refractivity contribution in [2.45, 2.75) is 19.0 Å². The molecule has 0 saturated heterocycles. The molecular formula is C12H12F3N3. The maximum atomic E-state index is 12.6. The highest BCUT2D eigenvalue weighted by Gasteiger charge is 2.34. The number of rotatable bonds is 3. The van der Waals surface area contributed by atoms with Crippen LogP contribution in [0.25, 0.3) is 0 Å². The van der Waals surface area contributed by atoms with E-state index in [2.05, 4.69) is 4.98 Å². The highest BCUT2D eigenvalue weighted by atomic mass is 19.4. The minimum Gasteiger partial charge on any atom is -0.358 e. The Bertz CT molecular complexity index is 486. The van der Waals surface area contributed by atoms with Crippen LogP contribution in [0.4, 0.5) is 19.0 Å². The summed E-state index contributed by atoms with van der Waals surface area (Å²) >= 11 is 0. The standard InChI is InChI=1S/C12H12F3N3/c1-18(7-8-2-3-8)11-9(6-16)4-5-10(17-11)12(13,14)15/h4-5,8H,2-3,7H2,1H3. The Balaban J connectivity index is 2.32. The zero-order valence-corrected chi connectivity index (χ0v) is 9.83. The van der Waals surface area contributed by atoms with E-state index in [9.17, 15) is 13.2 Å². The fourth-order valence-electron chi connectivity index (χ4n) is 1.76. The van der Waals surface area contributed by atoms with E-state index in [-0.39, 0.29) is 11.4 Å². The molecule has 96 valence electrons. The van der Waals surface area contributed by atoms with Crippen LogP contribution in [0.2, 0.25) is 0 Å². The van der Waals surface area contributed by atoms with Crippen molar-refractivity contribution in [3.05, 3.63) is 23.4 Å². The van der Waals surface area contributed by atoms with Crippen molar-refractivity contribution in [1.29, 1.82) is 5.26 Å². The largest absolute Gasteiger partial charge is 0.433 e. The minimum absolute atomic E-state index is 0.110. The van der Waals surface area contributed by atoms with Gasteiger partial charge in [0, 0.05) is 13.6 Å². The molecule has 2 rings (SSSR count). The molecule has 0 radical (unpaired) electrons. The van der Waals surface area contributed by atoms with E-state index in [1.807, 2.05) is 6.07 Å².